The molecule has 3 rings (SSSR count). The van der Waals surface area contributed by atoms with Crippen LogP contribution in [0.4, 0.5) is 5.69 Å². The molecule has 1 heterocycles. The lowest BCUT2D eigenvalue weighted by atomic mass is 10.0. The summed E-state index contributed by atoms with van der Waals surface area (Å²) in [4.78, 5) is 25.0. The number of hydrogen-bond donors (Lipinski definition) is 1. The van der Waals surface area contributed by atoms with Gasteiger partial charge < -0.3 is 15.4 Å². The highest BCUT2D eigenvalue weighted by molar-refractivity contribution is 6.29. The summed E-state index contributed by atoms with van der Waals surface area (Å²) >= 11 is 5.66. The first-order valence-corrected chi connectivity index (χ1v) is 7.65. The van der Waals surface area contributed by atoms with Gasteiger partial charge in [-0.05, 0) is 23.3 Å². The Bertz CT molecular complexity index is 749. The molecule has 1 aliphatic rings. The van der Waals surface area contributed by atoms with Crippen molar-refractivity contribution in [1.29, 1.82) is 0 Å². The molecule has 1 atom stereocenters. The van der Waals surface area contributed by atoms with Gasteiger partial charge in [0.05, 0.1) is 12.2 Å². The first-order valence-electron chi connectivity index (χ1n) is 7.12. The molecule has 2 N–H and O–H groups in total. The van der Waals surface area contributed by atoms with E-state index in [0.717, 1.165) is 11.1 Å². The summed E-state index contributed by atoms with van der Waals surface area (Å²) < 4.78 is 5.67. The van der Waals surface area contributed by atoms with Gasteiger partial charge in [0.15, 0.2) is 6.10 Å². The largest absolute Gasteiger partial charge is 0.476 e. The molecule has 5 nitrogen and oxygen atoms in total. The maximum atomic E-state index is 12.0. The molecule has 6 heteroatoms. The molecule has 0 aromatic heterocycles. The van der Waals surface area contributed by atoms with E-state index in [1.165, 1.54) is 4.90 Å². The Morgan fingerprint density at radius 1 is 1.17 bits per heavy atom. The fourth-order valence-corrected chi connectivity index (χ4v) is 2.70. The average Bonchev–Trinajstić information content (AvgIpc) is 2.60. The SMILES string of the molecule is NC(=O)C1CN(C(=O)CCl)c2ccc(-c3ccccc3)cc2O1. The molecule has 1 unspecified atom stereocenters. The number of halogens is 1. The zero-order valence-corrected chi connectivity index (χ0v) is 13.0. The number of rotatable bonds is 3. The van der Waals surface area contributed by atoms with Crippen molar-refractivity contribution in [2.45, 2.75) is 6.10 Å². The molecule has 0 fully saturated rings. The number of hydrogen-bond acceptors (Lipinski definition) is 3. The fraction of sp³-hybridized carbons (Fsp3) is 0.176. The van der Waals surface area contributed by atoms with Gasteiger partial charge in [0, 0.05) is 0 Å². The lowest BCUT2D eigenvalue weighted by molar-refractivity contribution is -0.125. The molecule has 2 aromatic carbocycles. The van der Waals surface area contributed by atoms with Crippen molar-refractivity contribution in [2.75, 3.05) is 17.3 Å². The Balaban J connectivity index is 2.04. The third-order valence-corrected chi connectivity index (χ3v) is 3.94. The second kappa shape index (κ2) is 6.30. The monoisotopic (exact) mass is 330 g/mol. The van der Waals surface area contributed by atoms with Crippen LogP contribution in [-0.4, -0.2) is 30.3 Å². The fourth-order valence-electron chi connectivity index (χ4n) is 2.55. The van der Waals surface area contributed by atoms with Crippen LogP contribution in [0, 0.1) is 0 Å². The molecular formula is C17H15ClN2O3. The number of anilines is 1. The van der Waals surface area contributed by atoms with E-state index in [4.69, 9.17) is 22.1 Å². The van der Waals surface area contributed by atoms with Gasteiger partial charge in [0.25, 0.3) is 5.91 Å². The van der Waals surface area contributed by atoms with E-state index in [0.29, 0.717) is 11.4 Å². The Labute approximate surface area is 138 Å². The maximum Gasteiger partial charge on any atom is 0.260 e. The quantitative estimate of drug-likeness (QED) is 0.877. The van der Waals surface area contributed by atoms with Crippen LogP contribution in [0.2, 0.25) is 0 Å². The molecule has 0 radical (unpaired) electrons. The highest BCUT2D eigenvalue weighted by atomic mass is 35.5. The van der Waals surface area contributed by atoms with Gasteiger partial charge in [-0.1, -0.05) is 36.4 Å². The number of nitrogens with two attached hydrogens (primary N) is 1. The van der Waals surface area contributed by atoms with E-state index < -0.39 is 12.0 Å². The first kappa shape index (κ1) is 15.4. The summed E-state index contributed by atoms with van der Waals surface area (Å²) in [5, 5.41) is 0. The number of fused-ring (bicyclic) bond motifs is 1. The smallest absolute Gasteiger partial charge is 0.260 e. The molecule has 0 bridgehead atoms. The molecule has 2 aromatic rings. The van der Waals surface area contributed by atoms with Crippen LogP contribution < -0.4 is 15.4 Å². The number of carbonyl (C=O) groups excluding carboxylic acids is 2. The van der Waals surface area contributed by atoms with Crippen molar-refractivity contribution < 1.29 is 14.3 Å². The molecule has 0 spiro atoms. The van der Waals surface area contributed by atoms with Crippen LogP contribution in [0.15, 0.2) is 48.5 Å². The summed E-state index contributed by atoms with van der Waals surface area (Å²) in [5.41, 5.74) is 7.87. The molecule has 23 heavy (non-hydrogen) atoms. The molecule has 1 aliphatic heterocycles. The highest BCUT2D eigenvalue weighted by Crippen LogP contribution is 2.37. The third-order valence-electron chi connectivity index (χ3n) is 3.71. The molecule has 0 saturated heterocycles. The van der Waals surface area contributed by atoms with E-state index in [1.807, 2.05) is 36.4 Å². The Morgan fingerprint density at radius 3 is 2.57 bits per heavy atom. The van der Waals surface area contributed by atoms with E-state index in [-0.39, 0.29) is 18.3 Å². The molecule has 2 amide bonds. The standard InChI is InChI=1S/C17H15ClN2O3/c18-9-16(21)20-10-15(17(19)22)23-14-8-12(6-7-13(14)20)11-4-2-1-3-5-11/h1-8,15H,9-10H2,(H2,19,22). The Hall–Kier alpha value is -2.53. The van der Waals surface area contributed by atoms with Crippen LogP contribution in [0.5, 0.6) is 5.75 Å². The van der Waals surface area contributed by atoms with Crippen molar-refractivity contribution in [3.05, 3.63) is 48.5 Å². The van der Waals surface area contributed by atoms with Crippen LogP contribution in [0.1, 0.15) is 0 Å². The minimum absolute atomic E-state index is 0.0680. The first-order chi connectivity index (χ1) is 11.1. The normalized spacial score (nSPS) is 16.4. The summed E-state index contributed by atoms with van der Waals surface area (Å²) in [6, 6.07) is 15.2. The highest BCUT2D eigenvalue weighted by Gasteiger charge is 2.32. The van der Waals surface area contributed by atoms with Crippen molar-refractivity contribution in [3.63, 3.8) is 0 Å². The van der Waals surface area contributed by atoms with Gasteiger partial charge in [0.1, 0.15) is 11.6 Å². The third kappa shape index (κ3) is 3.00. The predicted molar refractivity (Wildman–Crippen MR) is 88.6 cm³/mol. The number of carbonyl (C=O) groups is 2. The Kier molecular flexibility index (Phi) is 4.21. The number of ether oxygens (including phenoxy) is 1. The second-order valence-electron chi connectivity index (χ2n) is 5.20. The molecular weight excluding hydrogens is 316 g/mol. The zero-order chi connectivity index (χ0) is 16.4. The number of nitrogens with zero attached hydrogens (tertiary/aromatic N) is 1. The summed E-state index contributed by atoms with van der Waals surface area (Å²) in [6.45, 7) is 0.0680. The summed E-state index contributed by atoms with van der Waals surface area (Å²) in [5.74, 6) is -0.645. The van der Waals surface area contributed by atoms with Gasteiger partial charge in [-0.3, -0.25) is 9.59 Å². The van der Waals surface area contributed by atoms with E-state index in [2.05, 4.69) is 0 Å². The van der Waals surface area contributed by atoms with E-state index in [9.17, 15) is 9.59 Å². The molecule has 0 saturated carbocycles. The Morgan fingerprint density at radius 2 is 1.91 bits per heavy atom. The lowest BCUT2D eigenvalue weighted by Gasteiger charge is -2.33. The van der Waals surface area contributed by atoms with Gasteiger partial charge in [-0.15, -0.1) is 11.6 Å². The second-order valence-corrected chi connectivity index (χ2v) is 5.46. The van der Waals surface area contributed by atoms with Gasteiger partial charge in [-0.2, -0.15) is 0 Å². The number of primary amides is 1. The van der Waals surface area contributed by atoms with Gasteiger partial charge in [-0.25, -0.2) is 0 Å². The lowest BCUT2D eigenvalue weighted by Crippen LogP contribution is -2.49. The molecule has 118 valence electrons. The number of amides is 2. The van der Waals surface area contributed by atoms with Crippen LogP contribution >= 0.6 is 11.6 Å². The topological polar surface area (TPSA) is 72.6 Å². The number of benzene rings is 2. The van der Waals surface area contributed by atoms with Crippen molar-refractivity contribution in [2.24, 2.45) is 5.73 Å². The minimum atomic E-state index is -0.888. The summed E-state index contributed by atoms with van der Waals surface area (Å²) in [6.07, 6.45) is -0.888. The predicted octanol–water partition coefficient (Wildman–Crippen LogP) is 2.17. The minimum Gasteiger partial charge on any atom is -0.476 e. The van der Waals surface area contributed by atoms with Crippen LogP contribution in [0.3, 0.4) is 0 Å². The zero-order valence-electron chi connectivity index (χ0n) is 12.2. The van der Waals surface area contributed by atoms with Gasteiger partial charge >= 0.3 is 0 Å². The molecule has 0 aliphatic carbocycles. The maximum absolute atomic E-state index is 12.0. The van der Waals surface area contributed by atoms with Crippen LogP contribution in [-0.2, 0) is 9.59 Å². The average molecular weight is 331 g/mol. The number of alkyl halides is 1. The van der Waals surface area contributed by atoms with E-state index in [1.54, 1.807) is 12.1 Å². The van der Waals surface area contributed by atoms with Crippen molar-refractivity contribution in [1.82, 2.24) is 0 Å². The van der Waals surface area contributed by atoms with Crippen molar-refractivity contribution in [3.8, 4) is 16.9 Å². The summed E-state index contributed by atoms with van der Waals surface area (Å²) in [7, 11) is 0. The van der Waals surface area contributed by atoms with Crippen molar-refractivity contribution >= 4 is 29.1 Å². The van der Waals surface area contributed by atoms with Gasteiger partial charge in [0.2, 0.25) is 5.91 Å². The van der Waals surface area contributed by atoms with E-state index >= 15 is 0 Å². The van der Waals surface area contributed by atoms with Crippen LogP contribution in [0.25, 0.3) is 11.1 Å².